The van der Waals surface area contributed by atoms with Gasteiger partial charge in [0, 0.05) is 29.6 Å². The summed E-state index contributed by atoms with van der Waals surface area (Å²) in [7, 11) is 0. The van der Waals surface area contributed by atoms with Gasteiger partial charge in [0.1, 0.15) is 18.2 Å². The topological polar surface area (TPSA) is 113 Å². The third-order valence-electron chi connectivity index (χ3n) is 4.54. The molecule has 0 fully saturated rings. The van der Waals surface area contributed by atoms with E-state index in [2.05, 4.69) is 15.2 Å². The van der Waals surface area contributed by atoms with Crippen molar-refractivity contribution in [3.8, 4) is 17.2 Å². The van der Waals surface area contributed by atoms with E-state index >= 15 is 0 Å². The first-order chi connectivity index (χ1) is 14.5. The Balaban J connectivity index is 1.63. The molecule has 0 saturated carbocycles. The van der Waals surface area contributed by atoms with Gasteiger partial charge in [0.05, 0.1) is 16.9 Å². The van der Waals surface area contributed by atoms with Crippen LogP contribution in [0.3, 0.4) is 0 Å². The molecule has 154 valence electrons. The highest BCUT2D eigenvalue weighted by Gasteiger charge is 2.19. The number of fused-ring (bicyclic) bond motifs is 1. The highest BCUT2D eigenvalue weighted by Crippen LogP contribution is 2.34. The van der Waals surface area contributed by atoms with Crippen LogP contribution >= 0.6 is 11.3 Å². The molecule has 8 nitrogen and oxygen atoms in total. The summed E-state index contributed by atoms with van der Waals surface area (Å²) in [6.07, 6.45) is 1.46. The largest absolute Gasteiger partial charge is 0.489 e. The molecule has 0 spiro atoms. The van der Waals surface area contributed by atoms with Gasteiger partial charge >= 0.3 is 5.97 Å². The number of nitrogens with two attached hydrogens (primary N) is 1. The predicted octanol–water partition coefficient (Wildman–Crippen LogP) is 4.30. The number of nitrogen functional groups attached to an aromatic ring is 1. The van der Waals surface area contributed by atoms with Crippen LogP contribution in [0.1, 0.15) is 34.3 Å². The lowest BCUT2D eigenvalue weighted by atomic mass is 10.1. The summed E-state index contributed by atoms with van der Waals surface area (Å²) in [5, 5.41) is 10.6. The van der Waals surface area contributed by atoms with Crippen molar-refractivity contribution in [1.29, 1.82) is 0 Å². The lowest BCUT2D eigenvalue weighted by molar-refractivity contribution is 0.0528. The molecule has 0 amide bonds. The fourth-order valence-electron chi connectivity index (χ4n) is 3.05. The van der Waals surface area contributed by atoms with Gasteiger partial charge in [0.2, 0.25) is 11.8 Å². The van der Waals surface area contributed by atoms with Crippen molar-refractivity contribution >= 4 is 33.2 Å². The van der Waals surface area contributed by atoms with Gasteiger partial charge in [-0.2, -0.15) is 0 Å². The number of benzene rings is 1. The normalized spacial score (nSPS) is 11.0. The van der Waals surface area contributed by atoms with Gasteiger partial charge in [-0.15, -0.1) is 21.5 Å². The van der Waals surface area contributed by atoms with Crippen LogP contribution in [-0.4, -0.2) is 27.8 Å². The molecule has 3 aromatic heterocycles. The van der Waals surface area contributed by atoms with Crippen molar-refractivity contribution < 1.29 is 18.7 Å². The number of esters is 1. The molecule has 0 unspecified atom stereocenters. The minimum absolute atomic E-state index is 0.269. The molecule has 30 heavy (non-hydrogen) atoms. The van der Waals surface area contributed by atoms with Gasteiger partial charge in [-0.25, -0.2) is 9.78 Å². The molecule has 0 aliphatic heterocycles. The maximum Gasteiger partial charge on any atom is 0.341 e. The van der Waals surface area contributed by atoms with Crippen molar-refractivity contribution in [1.82, 2.24) is 15.2 Å². The fraction of sp³-hybridized carbons (Fsp3) is 0.238. The first-order valence-electron chi connectivity index (χ1n) is 9.33. The van der Waals surface area contributed by atoms with Crippen molar-refractivity contribution in [2.24, 2.45) is 0 Å². The minimum Gasteiger partial charge on any atom is -0.489 e. The SMILES string of the molecule is CCOC(=O)c1cnc(N)c2c(COc3cc(-c4nnc(C)o4)ccc3C)csc12. The molecule has 4 aromatic rings. The Kier molecular flexibility index (Phi) is 5.37. The number of hydrogen-bond donors (Lipinski definition) is 1. The smallest absolute Gasteiger partial charge is 0.341 e. The van der Waals surface area contributed by atoms with Crippen LogP contribution in [0.2, 0.25) is 0 Å². The van der Waals surface area contributed by atoms with Crippen molar-refractivity contribution in [3.63, 3.8) is 0 Å². The number of carbonyl (C=O) groups excluding carboxylic acids is 1. The molecular formula is C21H20N4O4S. The van der Waals surface area contributed by atoms with Crippen LogP contribution in [0, 0.1) is 13.8 Å². The van der Waals surface area contributed by atoms with Crippen LogP contribution in [-0.2, 0) is 11.3 Å². The van der Waals surface area contributed by atoms with E-state index in [1.807, 2.05) is 30.5 Å². The van der Waals surface area contributed by atoms with Gasteiger partial charge in [-0.1, -0.05) is 6.07 Å². The van der Waals surface area contributed by atoms with Crippen LogP contribution in [0.5, 0.6) is 5.75 Å². The summed E-state index contributed by atoms with van der Waals surface area (Å²) in [4.78, 5) is 16.4. The van der Waals surface area contributed by atoms with Gasteiger partial charge in [-0.3, -0.25) is 0 Å². The number of pyridine rings is 1. The van der Waals surface area contributed by atoms with Gasteiger partial charge in [-0.05, 0) is 36.9 Å². The summed E-state index contributed by atoms with van der Waals surface area (Å²) in [5.41, 5.74) is 9.10. The van der Waals surface area contributed by atoms with E-state index in [1.165, 1.54) is 17.5 Å². The summed E-state index contributed by atoms with van der Waals surface area (Å²) in [5.74, 6) is 1.56. The molecule has 0 aliphatic rings. The Morgan fingerprint density at radius 3 is 2.83 bits per heavy atom. The third kappa shape index (κ3) is 3.71. The molecular weight excluding hydrogens is 404 g/mol. The number of anilines is 1. The highest BCUT2D eigenvalue weighted by molar-refractivity contribution is 7.17. The maximum absolute atomic E-state index is 12.2. The molecule has 9 heteroatoms. The molecule has 0 saturated heterocycles. The Morgan fingerprint density at radius 1 is 1.27 bits per heavy atom. The van der Waals surface area contributed by atoms with Crippen LogP contribution < -0.4 is 10.5 Å². The number of carbonyl (C=O) groups is 1. The first kappa shape index (κ1) is 19.8. The second-order valence-electron chi connectivity index (χ2n) is 6.64. The zero-order valence-corrected chi connectivity index (χ0v) is 17.6. The lowest BCUT2D eigenvalue weighted by Crippen LogP contribution is -2.07. The first-order valence-corrected chi connectivity index (χ1v) is 10.2. The van der Waals surface area contributed by atoms with E-state index in [9.17, 15) is 4.79 Å². The van der Waals surface area contributed by atoms with Gasteiger partial charge in [0.15, 0.2) is 0 Å². The molecule has 0 radical (unpaired) electrons. The van der Waals surface area contributed by atoms with Gasteiger partial charge < -0.3 is 19.6 Å². The zero-order valence-electron chi connectivity index (χ0n) is 16.8. The zero-order chi connectivity index (χ0) is 21.3. The standard InChI is InChI=1S/C21H20N4O4S/c1-4-27-21(26)15-8-23-19(22)17-14(10-30-18(15)17)9-28-16-7-13(6-5-11(16)2)20-25-24-12(3)29-20/h5-8,10H,4,9H2,1-3H3,(H2,22,23). The van der Waals surface area contributed by atoms with Crippen LogP contribution in [0.25, 0.3) is 21.5 Å². The van der Waals surface area contributed by atoms with E-state index in [4.69, 9.17) is 19.6 Å². The summed E-state index contributed by atoms with van der Waals surface area (Å²) < 4.78 is 17.4. The fourth-order valence-corrected chi connectivity index (χ4v) is 4.11. The Morgan fingerprint density at radius 2 is 2.10 bits per heavy atom. The van der Waals surface area contributed by atoms with E-state index in [0.717, 1.165) is 21.4 Å². The quantitative estimate of drug-likeness (QED) is 0.456. The molecule has 4 rings (SSSR count). The number of rotatable bonds is 6. The van der Waals surface area contributed by atoms with Crippen molar-refractivity contribution in [3.05, 3.63) is 52.4 Å². The van der Waals surface area contributed by atoms with E-state index in [0.29, 0.717) is 40.9 Å². The second kappa shape index (κ2) is 8.11. The number of ether oxygens (including phenoxy) is 2. The molecule has 3 heterocycles. The third-order valence-corrected chi connectivity index (χ3v) is 5.60. The monoisotopic (exact) mass is 424 g/mol. The van der Waals surface area contributed by atoms with Crippen LogP contribution in [0.15, 0.2) is 34.2 Å². The molecule has 1 aromatic carbocycles. The Bertz CT molecular complexity index is 1230. The Labute approximate surface area is 176 Å². The lowest BCUT2D eigenvalue weighted by Gasteiger charge is -2.10. The number of thiophene rings is 1. The maximum atomic E-state index is 12.2. The average molecular weight is 424 g/mol. The highest BCUT2D eigenvalue weighted by atomic mass is 32.1. The number of aromatic nitrogens is 3. The summed E-state index contributed by atoms with van der Waals surface area (Å²) >= 11 is 1.42. The van der Waals surface area contributed by atoms with E-state index in [-0.39, 0.29) is 6.61 Å². The predicted molar refractivity (Wildman–Crippen MR) is 114 cm³/mol. The second-order valence-corrected chi connectivity index (χ2v) is 7.52. The molecule has 0 bridgehead atoms. The summed E-state index contributed by atoms with van der Waals surface area (Å²) in [6.45, 7) is 6.03. The molecule has 0 aliphatic carbocycles. The minimum atomic E-state index is -0.414. The van der Waals surface area contributed by atoms with Crippen molar-refractivity contribution in [2.45, 2.75) is 27.4 Å². The van der Waals surface area contributed by atoms with Crippen molar-refractivity contribution in [2.75, 3.05) is 12.3 Å². The van der Waals surface area contributed by atoms with Crippen LogP contribution in [0.4, 0.5) is 5.82 Å². The number of hydrogen-bond acceptors (Lipinski definition) is 9. The Hall–Kier alpha value is -3.46. The van der Waals surface area contributed by atoms with E-state index in [1.54, 1.807) is 13.8 Å². The summed E-state index contributed by atoms with van der Waals surface area (Å²) in [6, 6.07) is 5.70. The average Bonchev–Trinajstić information content (AvgIpc) is 3.35. The molecule has 2 N–H and O–H groups in total. The number of aryl methyl sites for hydroxylation is 2. The number of nitrogens with zero attached hydrogens (tertiary/aromatic N) is 3. The van der Waals surface area contributed by atoms with Gasteiger partial charge in [0.25, 0.3) is 0 Å². The molecule has 0 atom stereocenters. The van der Waals surface area contributed by atoms with E-state index < -0.39 is 5.97 Å².